The van der Waals surface area contributed by atoms with Crippen LogP contribution in [-0.4, -0.2) is 17.0 Å². The number of carbonyl (C=O) groups excluding carboxylic acids is 1. The first-order chi connectivity index (χ1) is 8.99. The van der Waals surface area contributed by atoms with Crippen LogP contribution in [0.25, 0.3) is 0 Å². The number of carboxylic acid groups (broad SMARTS) is 1. The van der Waals surface area contributed by atoms with Gasteiger partial charge in [-0.25, -0.2) is 9.18 Å². The van der Waals surface area contributed by atoms with Gasteiger partial charge in [0.15, 0.2) is 0 Å². The van der Waals surface area contributed by atoms with E-state index in [9.17, 15) is 14.0 Å². The number of para-hydroxylation sites is 1. The molecule has 2 N–H and O–H groups in total. The summed E-state index contributed by atoms with van der Waals surface area (Å²) in [6.45, 7) is 1.68. The largest absolute Gasteiger partial charge is 0.477 e. The molecule has 6 heteroatoms. The highest BCUT2D eigenvalue weighted by molar-refractivity contribution is 7.15. The van der Waals surface area contributed by atoms with Crippen LogP contribution in [0, 0.1) is 12.7 Å². The smallest absolute Gasteiger partial charge is 0.345 e. The van der Waals surface area contributed by atoms with Crippen LogP contribution in [0.15, 0.2) is 30.3 Å². The van der Waals surface area contributed by atoms with Crippen LogP contribution >= 0.6 is 11.3 Å². The van der Waals surface area contributed by atoms with Crippen molar-refractivity contribution in [2.45, 2.75) is 6.92 Å². The van der Waals surface area contributed by atoms with Gasteiger partial charge in [-0.15, -0.1) is 11.3 Å². The van der Waals surface area contributed by atoms with E-state index in [0.717, 1.165) is 11.3 Å². The number of hydrogen-bond acceptors (Lipinski definition) is 3. The predicted molar refractivity (Wildman–Crippen MR) is 70.4 cm³/mol. The van der Waals surface area contributed by atoms with Gasteiger partial charge in [0.1, 0.15) is 10.7 Å². The van der Waals surface area contributed by atoms with E-state index < -0.39 is 17.7 Å². The summed E-state index contributed by atoms with van der Waals surface area (Å²) in [5.41, 5.74) is 0.709. The molecule has 1 heterocycles. The topological polar surface area (TPSA) is 66.4 Å². The lowest BCUT2D eigenvalue weighted by molar-refractivity contribution is 0.0702. The quantitative estimate of drug-likeness (QED) is 0.907. The Hall–Kier alpha value is -2.21. The lowest BCUT2D eigenvalue weighted by Crippen LogP contribution is -2.12. The van der Waals surface area contributed by atoms with Crippen LogP contribution < -0.4 is 5.32 Å². The minimum atomic E-state index is -1.09. The summed E-state index contributed by atoms with van der Waals surface area (Å²) in [5, 5.41) is 11.2. The minimum absolute atomic E-state index is 0.0652. The SMILES string of the molecule is Cc1cccc(F)c1NC(=O)c1ccc(C(=O)O)s1. The van der Waals surface area contributed by atoms with E-state index in [1.54, 1.807) is 19.1 Å². The summed E-state index contributed by atoms with van der Waals surface area (Å²) in [4.78, 5) is 22.9. The first kappa shape index (κ1) is 13.2. The van der Waals surface area contributed by atoms with E-state index in [1.807, 2.05) is 0 Å². The first-order valence-corrected chi connectivity index (χ1v) is 6.20. The maximum absolute atomic E-state index is 13.6. The molecule has 0 saturated carbocycles. The van der Waals surface area contributed by atoms with Gasteiger partial charge in [-0.05, 0) is 30.7 Å². The number of thiophene rings is 1. The summed E-state index contributed by atoms with van der Waals surface area (Å²) >= 11 is 0.846. The molecule has 1 aromatic carbocycles. The number of amides is 1. The molecule has 0 spiro atoms. The molecule has 0 aliphatic carbocycles. The Labute approximate surface area is 112 Å². The number of nitrogens with one attached hydrogen (secondary N) is 1. The van der Waals surface area contributed by atoms with Crippen molar-refractivity contribution in [1.29, 1.82) is 0 Å². The number of benzene rings is 1. The number of carboxylic acids is 1. The number of hydrogen-bond donors (Lipinski definition) is 2. The zero-order valence-corrected chi connectivity index (χ0v) is 10.8. The fourth-order valence-corrected chi connectivity index (χ4v) is 2.28. The number of aryl methyl sites for hydroxylation is 1. The summed E-state index contributed by atoms with van der Waals surface area (Å²) in [6.07, 6.45) is 0. The van der Waals surface area contributed by atoms with Gasteiger partial charge >= 0.3 is 5.97 Å². The van der Waals surface area contributed by atoms with Crippen molar-refractivity contribution >= 4 is 28.9 Å². The van der Waals surface area contributed by atoms with Gasteiger partial charge in [0, 0.05) is 0 Å². The number of halogens is 1. The Kier molecular flexibility index (Phi) is 3.62. The first-order valence-electron chi connectivity index (χ1n) is 5.38. The summed E-state index contributed by atoms with van der Waals surface area (Å²) in [6, 6.07) is 7.22. The molecule has 0 radical (unpaired) electrons. The third-order valence-electron chi connectivity index (χ3n) is 2.50. The standard InChI is InChI=1S/C13H10FNO3S/c1-7-3-2-4-8(14)11(7)15-12(16)9-5-6-10(19-9)13(17)18/h2-6H,1H3,(H,15,16)(H,17,18). The van der Waals surface area contributed by atoms with E-state index in [1.165, 1.54) is 18.2 Å². The van der Waals surface area contributed by atoms with Crippen molar-refractivity contribution < 1.29 is 19.1 Å². The molecule has 0 unspecified atom stereocenters. The Morgan fingerprint density at radius 2 is 1.89 bits per heavy atom. The van der Waals surface area contributed by atoms with Crippen molar-refractivity contribution in [3.8, 4) is 0 Å². The molecule has 2 aromatic rings. The van der Waals surface area contributed by atoms with Crippen LogP contribution in [0.1, 0.15) is 24.9 Å². The van der Waals surface area contributed by atoms with E-state index in [4.69, 9.17) is 5.11 Å². The fraction of sp³-hybridized carbons (Fsp3) is 0.0769. The molecule has 0 bridgehead atoms. The molecule has 0 aliphatic heterocycles. The van der Waals surface area contributed by atoms with Crippen molar-refractivity contribution in [2.75, 3.05) is 5.32 Å². The van der Waals surface area contributed by atoms with Crippen LogP contribution in [0.3, 0.4) is 0 Å². The molecule has 0 atom stereocenters. The van der Waals surface area contributed by atoms with Gasteiger partial charge in [-0.2, -0.15) is 0 Å². The average Bonchev–Trinajstić information content (AvgIpc) is 2.83. The van der Waals surface area contributed by atoms with E-state index in [-0.39, 0.29) is 15.4 Å². The number of anilines is 1. The maximum Gasteiger partial charge on any atom is 0.345 e. The van der Waals surface area contributed by atoms with Crippen LogP contribution in [0.4, 0.5) is 10.1 Å². The number of rotatable bonds is 3. The zero-order chi connectivity index (χ0) is 14.0. The second-order valence-corrected chi connectivity index (χ2v) is 4.94. The normalized spacial score (nSPS) is 10.2. The van der Waals surface area contributed by atoms with Crippen LogP contribution in [0.2, 0.25) is 0 Å². The van der Waals surface area contributed by atoms with E-state index in [0.29, 0.717) is 5.56 Å². The summed E-state index contributed by atoms with van der Waals surface area (Å²) < 4.78 is 13.6. The van der Waals surface area contributed by atoms with Crippen LogP contribution in [-0.2, 0) is 0 Å². The van der Waals surface area contributed by atoms with Gasteiger partial charge < -0.3 is 10.4 Å². The molecule has 2 rings (SSSR count). The third-order valence-corrected chi connectivity index (χ3v) is 3.57. The molecule has 19 heavy (non-hydrogen) atoms. The highest BCUT2D eigenvalue weighted by Gasteiger charge is 2.15. The predicted octanol–water partition coefficient (Wildman–Crippen LogP) is 3.15. The fourth-order valence-electron chi connectivity index (χ4n) is 1.54. The molecule has 4 nitrogen and oxygen atoms in total. The van der Waals surface area contributed by atoms with Gasteiger partial charge in [0.2, 0.25) is 0 Å². The molecule has 98 valence electrons. The highest BCUT2D eigenvalue weighted by Crippen LogP contribution is 2.22. The highest BCUT2D eigenvalue weighted by atomic mass is 32.1. The molecule has 0 saturated heterocycles. The zero-order valence-electron chi connectivity index (χ0n) is 9.94. The van der Waals surface area contributed by atoms with Gasteiger partial charge in [0.25, 0.3) is 5.91 Å². The lowest BCUT2D eigenvalue weighted by atomic mass is 10.2. The van der Waals surface area contributed by atoms with Gasteiger partial charge in [-0.1, -0.05) is 12.1 Å². The number of aromatic carboxylic acids is 1. The average molecular weight is 279 g/mol. The van der Waals surface area contributed by atoms with Crippen LogP contribution in [0.5, 0.6) is 0 Å². The lowest BCUT2D eigenvalue weighted by Gasteiger charge is -2.08. The summed E-state index contributed by atoms with van der Waals surface area (Å²) in [5.74, 6) is -2.14. The Balaban J connectivity index is 2.23. The molecule has 1 amide bonds. The Bertz CT molecular complexity index is 631. The van der Waals surface area contributed by atoms with E-state index in [2.05, 4.69) is 5.32 Å². The van der Waals surface area contributed by atoms with E-state index >= 15 is 0 Å². The second kappa shape index (κ2) is 5.19. The van der Waals surface area contributed by atoms with Crippen molar-refractivity contribution in [2.24, 2.45) is 0 Å². The molecular formula is C13H10FNO3S. The van der Waals surface area contributed by atoms with Crippen molar-refractivity contribution in [3.05, 3.63) is 51.5 Å². The Morgan fingerprint density at radius 1 is 1.21 bits per heavy atom. The van der Waals surface area contributed by atoms with Gasteiger partial charge in [0.05, 0.1) is 10.6 Å². The molecule has 1 aromatic heterocycles. The Morgan fingerprint density at radius 3 is 2.47 bits per heavy atom. The minimum Gasteiger partial charge on any atom is -0.477 e. The monoisotopic (exact) mass is 279 g/mol. The van der Waals surface area contributed by atoms with Crippen molar-refractivity contribution in [1.82, 2.24) is 0 Å². The molecule has 0 fully saturated rings. The number of carbonyl (C=O) groups is 2. The molecule has 0 aliphatic rings. The second-order valence-electron chi connectivity index (χ2n) is 3.85. The van der Waals surface area contributed by atoms with Crippen molar-refractivity contribution in [3.63, 3.8) is 0 Å². The van der Waals surface area contributed by atoms with Gasteiger partial charge in [-0.3, -0.25) is 4.79 Å². The molecular weight excluding hydrogens is 269 g/mol. The maximum atomic E-state index is 13.6. The third kappa shape index (κ3) is 2.79. The summed E-state index contributed by atoms with van der Waals surface area (Å²) in [7, 11) is 0.